The Morgan fingerprint density at radius 1 is 1.45 bits per heavy atom. The summed E-state index contributed by atoms with van der Waals surface area (Å²) >= 11 is 5.53. The van der Waals surface area contributed by atoms with Crippen molar-refractivity contribution in [2.24, 2.45) is 5.92 Å². The average molecular weight is 302 g/mol. The third-order valence-corrected chi connectivity index (χ3v) is 2.86. The van der Waals surface area contributed by atoms with Crippen LogP contribution in [0.4, 0.5) is 5.69 Å². The van der Waals surface area contributed by atoms with Gasteiger partial charge in [0.1, 0.15) is 5.75 Å². The van der Waals surface area contributed by atoms with Gasteiger partial charge in [-0.2, -0.15) is 0 Å². The molecule has 0 fully saturated rings. The van der Waals surface area contributed by atoms with Gasteiger partial charge in [0.15, 0.2) is 0 Å². The number of anilines is 1. The summed E-state index contributed by atoms with van der Waals surface area (Å²) in [6.07, 6.45) is -0.705. The summed E-state index contributed by atoms with van der Waals surface area (Å²) in [4.78, 5) is 11.0. The van der Waals surface area contributed by atoms with Gasteiger partial charge in [0.05, 0.1) is 29.8 Å². The van der Waals surface area contributed by atoms with Crippen LogP contribution in [0.1, 0.15) is 24.2 Å². The molecule has 20 heavy (non-hydrogen) atoms. The number of carboxylic acid groups (broad SMARTS) is 1. The number of hydrogen-bond donors (Lipinski definition) is 3. The van der Waals surface area contributed by atoms with Crippen LogP contribution in [-0.4, -0.2) is 41.3 Å². The third kappa shape index (κ3) is 5.27. The van der Waals surface area contributed by atoms with Crippen molar-refractivity contribution < 1.29 is 19.7 Å². The number of aromatic carboxylic acids is 1. The number of rotatable bonds is 8. The molecular formula is C14H20ClNO4. The Kier molecular flexibility index (Phi) is 6.61. The van der Waals surface area contributed by atoms with Gasteiger partial charge in [-0.25, -0.2) is 4.79 Å². The minimum atomic E-state index is -1.01. The maximum atomic E-state index is 11.0. The summed E-state index contributed by atoms with van der Waals surface area (Å²) in [7, 11) is 0. The quantitative estimate of drug-likeness (QED) is 0.643. The molecule has 1 atom stereocenters. The number of ether oxygens (including phenoxy) is 1. The molecule has 0 aliphatic rings. The molecule has 1 aromatic rings. The normalized spacial score (nSPS) is 12.2. The molecular weight excluding hydrogens is 282 g/mol. The zero-order valence-corrected chi connectivity index (χ0v) is 12.4. The van der Waals surface area contributed by atoms with E-state index in [1.807, 2.05) is 13.8 Å². The van der Waals surface area contributed by atoms with Crippen molar-refractivity contribution in [3.05, 3.63) is 23.8 Å². The molecule has 1 unspecified atom stereocenters. The van der Waals surface area contributed by atoms with Crippen LogP contribution in [0.15, 0.2) is 18.2 Å². The number of alkyl halides is 1. The predicted octanol–water partition coefficient (Wildman–Crippen LogP) is 2.43. The lowest BCUT2D eigenvalue weighted by atomic mass is 10.1. The maximum absolute atomic E-state index is 11.0. The van der Waals surface area contributed by atoms with Crippen LogP contribution in [0.3, 0.4) is 0 Å². The molecule has 0 aliphatic heterocycles. The summed E-state index contributed by atoms with van der Waals surface area (Å²) < 4.78 is 5.63. The number of carbonyl (C=O) groups is 1. The zero-order chi connectivity index (χ0) is 15.1. The Morgan fingerprint density at radius 2 is 2.15 bits per heavy atom. The molecule has 0 amide bonds. The number of hydrogen-bond acceptors (Lipinski definition) is 4. The van der Waals surface area contributed by atoms with Gasteiger partial charge in [-0.05, 0) is 24.1 Å². The minimum absolute atomic E-state index is 0.105. The van der Waals surface area contributed by atoms with E-state index in [1.165, 1.54) is 12.1 Å². The smallest absolute Gasteiger partial charge is 0.335 e. The topological polar surface area (TPSA) is 78.8 Å². The maximum Gasteiger partial charge on any atom is 0.335 e. The zero-order valence-electron chi connectivity index (χ0n) is 11.6. The largest absolute Gasteiger partial charge is 0.491 e. The second-order valence-corrected chi connectivity index (χ2v) is 5.22. The molecule has 112 valence electrons. The van der Waals surface area contributed by atoms with Gasteiger partial charge >= 0.3 is 5.97 Å². The van der Waals surface area contributed by atoms with Crippen molar-refractivity contribution in [2.75, 3.05) is 24.3 Å². The van der Waals surface area contributed by atoms with Crippen LogP contribution < -0.4 is 10.1 Å². The average Bonchev–Trinajstić information content (AvgIpc) is 2.42. The summed E-state index contributed by atoms with van der Waals surface area (Å²) in [5.41, 5.74) is 0.694. The van der Waals surface area contributed by atoms with E-state index in [0.29, 0.717) is 24.0 Å². The highest BCUT2D eigenvalue weighted by Crippen LogP contribution is 2.26. The van der Waals surface area contributed by atoms with E-state index in [0.717, 1.165) is 0 Å². The van der Waals surface area contributed by atoms with Crippen molar-refractivity contribution in [3.8, 4) is 5.75 Å². The molecule has 0 bridgehead atoms. The molecule has 3 N–H and O–H groups in total. The first-order valence-electron chi connectivity index (χ1n) is 6.42. The van der Waals surface area contributed by atoms with Gasteiger partial charge in [0.2, 0.25) is 0 Å². The van der Waals surface area contributed by atoms with E-state index in [2.05, 4.69) is 5.32 Å². The highest BCUT2D eigenvalue weighted by atomic mass is 35.5. The SMILES string of the molecule is CC(C)COc1ccc(C(=O)O)cc1NCC(O)CCl. The predicted molar refractivity (Wildman–Crippen MR) is 79.0 cm³/mol. The van der Waals surface area contributed by atoms with E-state index < -0.39 is 12.1 Å². The van der Waals surface area contributed by atoms with Crippen LogP contribution in [0.25, 0.3) is 0 Å². The fourth-order valence-electron chi connectivity index (χ4n) is 1.47. The third-order valence-electron chi connectivity index (χ3n) is 2.50. The van der Waals surface area contributed by atoms with Crippen molar-refractivity contribution in [1.29, 1.82) is 0 Å². The van der Waals surface area contributed by atoms with E-state index in [4.69, 9.17) is 21.4 Å². The fraction of sp³-hybridized carbons (Fsp3) is 0.500. The molecule has 0 aliphatic carbocycles. The molecule has 0 aromatic heterocycles. The lowest BCUT2D eigenvalue weighted by Gasteiger charge is -2.16. The molecule has 0 spiro atoms. The molecule has 5 nitrogen and oxygen atoms in total. The van der Waals surface area contributed by atoms with Crippen LogP contribution in [0, 0.1) is 5.92 Å². The van der Waals surface area contributed by atoms with Gasteiger partial charge < -0.3 is 20.3 Å². The minimum Gasteiger partial charge on any atom is -0.491 e. The molecule has 1 rings (SSSR count). The molecule has 1 aromatic carbocycles. The number of benzene rings is 1. The van der Waals surface area contributed by atoms with Gasteiger partial charge in [-0.1, -0.05) is 13.8 Å². The number of aliphatic hydroxyl groups is 1. The first-order valence-corrected chi connectivity index (χ1v) is 6.95. The van der Waals surface area contributed by atoms with Crippen LogP contribution in [0.2, 0.25) is 0 Å². The molecule has 0 heterocycles. The lowest BCUT2D eigenvalue weighted by Crippen LogP contribution is -2.21. The Bertz CT molecular complexity index is 451. The molecule has 6 heteroatoms. The first kappa shape index (κ1) is 16.6. The van der Waals surface area contributed by atoms with Crippen LogP contribution in [-0.2, 0) is 0 Å². The van der Waals surface area contributed by atoms with E-state index in [1.54, 1.807) is 6.07 Å². The van der Waals surface area contributed by atoms with Crippen molar-refractivity contribution >= 4 is 23.3 Å². The first-order chi connectivity index (χ1) is 9.43. The standard InChI is InChI=1S/C14H20ClNO4/c1-9(2)8-20-13-4-3-10(14(18)19)5-12(13)16-7-11(17)6-15/h3-5,9,11,16-17H,6-8H2,1-2H3,(H,18,19). The highest BCUT2D eigenvalue weighted by molar-refractivity contribution is 6.18. The Balaban J connectivity index is 2.88. The second-order valence-electron chi connectivity index (χ2n) is 4.91. The van der Waals surface area contributed by atoms with Crippen LogP contribution >= 0.6 is 11.6 Å². The number of nitrogens with one attached hydrogen (secondary N) is 1. The van der Waals surface area contributed by atoms with Crippen molar-refractivity contribution in [2.45, 2.75) is 20.0 Å². The Labute approximate surface area is 123 Å². The number of halogens is 1. The summed E-state index contributed by atoms with van der Waals surface area (Å²) in [5.74, 6) is 0.00983. The molecule has 0 saturated carbocycles. The number of carboxylic acids is 1. The molecule has 0 radical (unpaired) electrons. The number of aliphatic hydroxyl groups excluding tert-OH is 1. The van der Waals surface area contributed by atoms with E-state index in [-0.39, 0.29) is 18.0 Å². The summed E-state index contributed by atoms with van der Waals surface area (Å²) in [6.45, 7) is 4.80. The Hall–Kier alpha value is -1.46. The summed E-state index contributed by atoms with van der Waals surface area (Å²) in [6, 6.07) is 4.58. The Morgan fingerprint density at radius 3 is 2.70 bits per heavy atom. The van der Waals surface area contributed by atoms with Gasteiger partial charge in [0.25, 0.3) is 0 Å². The van der Waals surface area contributed by atoms with Crippen LogP contribution in [0.5, 0.6) is 5.75 Å². The van der Waals surface area contributed by atoms with E-state index >= 15 is 0 Å². The fourth-order valence-corrected chi connectivity index (χ4v) is 1.57. The summed E-state index contributed by atoms with van der Waals surface area (Å²) in [5, 5.41) is 21.4. The van der Waals surface area contributed by atoms with Crippen molar-refractivity contribution in [1.82, 2.24) is 0 Å². The van der Waals surface area contributed by atoms with E-state index in [9.17, 15) is 9.90 Å². The van der Waals surface area contributed by atoms with Gasteiger partial charge in [-0.15, -0.1) is 11.6 Å². The molecule has 0 saturated heterocycles. The monoisotopic (exact) mass is 301 g/mol. The lowest BCUT2D eigenvalue weighted by molar-refractivity contribution is 0.0697. The van der Waals surface area contributed by atoms with Gasteiger partial charge in [-0.3, -0.25) is 0 Å². The second kappa shape index (κ2) is 7.97. The van der Waals surface area contributed by atoms with Gasteiger partial charge in [0, 0.05) is 6.54 Å². The van der Waals surface area contributed by atoms with Crippen molar-refractivity contribution in [3.63, 3.8) is 0 Å². The highest BCUT2D eigenvalue weighted by Gasteiger charge is 2.11.